The largest absolute Gasteiger partial charge is 0.508 e. The first kappa shape index (κ1) is 19.2. The van der Waals surface area contributed by atoms with Crippen LogP contribution in [0.3, 0.4) is 0 Å². The van der Waals surface area contributed by atoms with Crippen molar-refractivity contribution in [3.63, 3.8) is 0 Å². The van der Waals surface area contributed by atoms with Gasteiger partial charge in [-0.1, -0.05) is 56.7 Å². The summed E-state index contributed by atoms with van der Waals surface area (Å²) in [6.45, 7) is 6.19. The second-order valence-corrected chi connectivity index (χ2v) is 7.11. The smallest absolute Gasteiger partial charge is 0.116 e. The monoisotopic (exact) mass is 362 g/mol. The van der Waals surface area contributed by atoms with Gasteiger partial charge in [-0.2, -0.15) is 0 Å². The van der Waals surface area contributed by atoms with Crippen molar-refractivity contribution in [1.29, 1.82) is 0 Å². The molecule has 3 nitrogen and oxygen atoms in total. The number of hydrogen-bond acceptors (Lipinski definition) is 2. The molecule has 3 aromatic rings. The van der Waals surface area contributed by atoms with E-state index in [2.05, 4.69) is 66.5 Å². The molecular weight excluding hydrogens is 332 g/mol. The summed E-state index contributed by atoms with van der Waals surface area (Å²) in [5.41, 5.74) is 5.98. The fourth-order valence-electron chi connectivity index (χ4n) is 3.35. The van der Waals surface area contributed by atoms with Crippen LogP contribution in [0, 0.1) is 0 Å². The van der Waals surface area contributed by atoms with Gasteiger partial charge in [-0.3, -0.25) is 5.32 Å². The predicted octanol–water partition coefficient (Wildman–Crippen LogP) is 5.83. The van der Waals surface area contributed by atoms with Gasteiger partial charge in [0, 0.05) is 23.5 Å². The van der Waals surface area contributed by atoms with E-state index in [1.165, 1.54) is 29.5 Å². The van der Waals surface area contributed by atoms with Gasteiger partial charge in [-0.25, -0.2) is 0 Å². The van der Waals surface area contributed by atoms with Crippen molar-refractivity contribution in [2.45, 2.75) is 46.2 Å². The molecule has 1 aromatic heterocycles. The number of phenols is 1. The Hall–Kier alpha value is -2.52. The number of benzene rings is 2. The second kappa shape index (κ2) is 9.43. The molecule has 0 amide bonds. The number of phenolic OH excluding ortho intramolecular Hbond substituents is 1. The van der Waals surface area contributed by atoms with Crippen LogP contribution >= 0.6 is 0 Å². The molecule has 2 N–H and O–H groups in total. The van der Waals surface area contributed by atoms with E-state index in [9.17, 15) is 5.11 Å². The SMILES string of the molecule is CCCCc1ccc(-c2cn(CNCCC)cc2-c2cccc(O)c2)cc1. The molecule has 0 aliphatic rings. The molecule has 2 aromatic carbocycles. The average Bonchev–Trinajstić information content (AvgIpc) is 3.11. The zero-order chi connectivity index (χ0) is 19.1. The molecule has 3 heteroatoms. The van der Waals surface area contributed by atoms with E-state index >= 15 is 0 Å². The van der Waals surface area contributed by atoms with E-state index in [1.54, 1.807) is 6.07 Å². The van der Waals surface area contributed by atoms with Crippen LogP contribution in [-0.2, 0) is 13.1 Å². The quantitative estimate of drug-likeness (QED) is 0.470. The Bertz CT molecular complexity index is 849. The molecular formula is C24H30N2O. The summed E-state index contributed by atoms with van der Waals surface area (Å²) in [5, 5.41) is 13.4. The number of nitrogens with zero attached hydrogens (tertiary/aromatic N) is 1. The molecule has 0 atom stereocenters. The maximum atomic E-state index is 9.92. The lowest BCUT2D eigenvalue weighted by atomic mass is 9.97. The second-order valence-electron chi connectivity index (χ2n) is 7.11. The summed E-state index contributed by atoms with van der Waals surface area (Å²) in [5.74, 6) is 0.297. The van der Waals surface area contributed by atoms with Crippen LogP contribution in [0.5, 0.6) is 5.75 Å². The molecule has 142 valence electrons. The zero-order valence-corrected chi connectivity index (χ0v) is 16.4. The van der Waals surface area contributed by atoms with Gasteiger partial charge in [0.25, 0.3) is 0 Å². The molecule has 0 saturated carbocycles. The minimum atomic E-state index is 0.297. The highest BCUT2D eigenvalue weighted by atomic mass is 16.3. The van der Waals surface area contributed by atoms with Crippen molar-refractivity contribution in [3.05, 3.63) is 66.5 Å². The van der Waals surface area contributed by atoms with Crippen LogP contribution in [0.15, 0.2) is 60.9 Å². The lowest BCUT2D eigenvalue weighted by molar-refractivity contribution is 0.475. The third-order valence-electron chi connectivity index (χ3n) is 4.84. The zero-order valence-electron chi connectivity index (χ0n) is 16.4. The van der Waals surface area contributed by atoms with Gasteiger partial charge in [-0.05, 0) is 54.6 Å². The van der Waals surface area contributed by atoms with Crippen LogP contribution < -0.4 is 5.32 Å². The number of nitrogens with one attached hydrogen (secondary N) is 1. The minimum Gasteiger partial charge on any atom is -0.508 e. The van der Waals surface area contributed by atoms with Crippen molar-refractivity contribution in [2.75, 3.05) is 6.54 Å². The fourth-order valence-corrected chi connectivity index (χ4v) is 3.35. The highest BCUT2D eigenvalue weighted by molar-refractivity contribution is 5.83. The van der Waals surface area contributed by atoms with Gasteiger partial charge in [0.15, 0.2) is 0 Å². The van der Waals surface area contributed by atoms with Crippen molar-refractivity contribution < 1.29 is 5.11 Å². The van der Waals surface area contributed by atoms with E-state index in [-0.39, 0.29) is 0 Å². The van der Waals surface area contributed by atoms with Crippen LogP contribution in [-0.4, -0.2) is 16.2 Å². The van der Waals surface area contributed by atoms with Crippen LogP contribution in [0.2, 0.25) is 0 Å². The molecule has 0 fully saturated rings. The lowest BCUT2D eigenvalue weighted by Crippen LogP contribution is -2.17. The molecule has 0 aliphatic carbocycles. The summed E-state index contributed by atoms with van der Waals surface area (Å²) in [7, 11) is 0. The Morgan fingerprint density at radius 1 is 0.889 bits per heavy atom. The topological polar surface area (TPSA) is 37.2 Å². The molecule has 27 heavy (non-hydrogen) atoms. The summed E-state index contributed by atoms with van der Waals surface area (Å²) in [6.07, 6.45) is 9.07. The lowest BCUT2D eigenvalue weighted by Gasteiger charge is -2.07. The molecule has 0 spiro atoms. The van der Waals surface area contributed by atoms with E-state index < -0.39 is 0 Å². The number of unbranched alkanes of at least 4 members (excludes halogenated alkanes) is 1. The third-order valence-corrected chi connectivity index (χ3v) is 4.84. The molecule has 0 bridgehead atoms. The summed E-state index contributed by atoms with van der Waals surface area (Å²) in [6, 6.07) is 16.4. The van der Waals surface area contributed by atoms with Gasteiger partial charge in [0.2, 0.25) is 0 Å². The van der Waals surface area contributed by atoms with E-state index in [0.29, 0.717) is 5.75 Å². The Morgan fingerprint density at radius 3 is 2.30 bits per heavy atom. The van der Waals surface area contributed by atoms with Crippen LogP contribution in [0.1, 0.15) is 38.7 Å². The molecule has 0 saturated heterocycles. The van der Waals surface area contributed by atoms with Gasteiger partial charge in [-0.15, -0.1) is 0 Å². The van der Waals surface area contributed by atoms with Crippen molar-refractivity contribution in [2.24, 2.45) is 0 Å². The molecule has 0 aliphatic heterocycles. The maximum absolute atomic E-state index is 9.92. The first-order valence-corrected chi connectivity index (χ1v) is 10.0. The first-order chi connectivity index (χ1) is 13.2. The fraction of sp³-hybridized carbons (Fsp3) is 0.333. The minimum absolute atomic E-state index is 0.297. The Morgan fingerprint density at radius 2 is 1.63 bits per heavy atom. The first-order valence-electron chi connectivity index (χ1n) is 10.0. The van der Waals surface area contributed by atoms with Crippen molar-refractivity contribution in [1.82, 2.24) is 9.88 Å². The number of aromatic hydroxyl groups is 1. The normalized spacial score (nSPS) is 11.0. The van der Waals surface area contributed by atoms with Crippen molar-refractivity contribution >= 4 is 0 Å². The Labute approximate surface area is 162 Å². The summed E-state index contributed by atoms with van der Waals surface area (Å²) < 4.78 is 2.19. The number of aryl methyl sites for hydroxylation is 1. The van der Waals surface area contributed by atoms with Crippen LogP contribution in [0.25, 0.3) is 22.3 Å². The number of hydrogen-bond donors (Lipinski definition) is 2. The molecule has 1 heterocycles. The Kier molecular flexibility index (Phi) is 6.72. The number of rotatable bonds is 9. The van der Waals surface area contributed by atoms with E-state index in [4.69, 9.17) is 0 Å². The highest BCUT2D eigenvalue weighted by Gasteiger charge is 2.12. The standard InChI is InChI=1S/C24H30N2O/c1-3-5-7-19-10-12-20(13-11-19)23-16-26(18-25-14-4-2)17-24(23)21-8-6-9-22(27)15-21/h6,8-13,15-17,25,27H,3-5,7,14,18H2,1-2H3. The highest BCUT2D eigenvalue weighted by Crippen LogP contribution is 2.34. The number of aromatic nitrogens is 1. The Balaban J connectivity index is 1.94. The molecule has 0 radical (unpaired) electrons. The van der Waals surface area contributed by atoms with Gasteiger partial charge >= 0.3 is 0 Å². The van der Waals surface area contributed by atoms with Gasteiger partial charge < -0.3 is 9.67 Å². The van der Waals surface area contributed by atoms with E-state index in [0.717, 1.165) is 37.2 Å². The van der Waals surface area contributed by atoms with Crippen LogP contribution in [0.4, 0.5) is 0 Å². The third kappa shape index (κ3) is 5.01. The summed E-state index contributed by atoms with van der Waals surface area (Å²) in [4.78, 5) is 0. The van der Waals surface area contributed by atoms with Gasteiger partial charge in [0.1, 0.15) is 5.75 Å². The molecule has 3 rings (SSSR count). The predicted molar refractivity (Wildman–Crippen MR) is 114 cm³/mol. The van der Waals surface area contributed by atoms with Crippen molar-refractivity contribution in [3.8, 4) is 28.0 Å². The van der Waals surface area contributed by atoms with E-state index in [1.807, 2.05) is 12.1 Å². The summed E-state index contributed by atoms with van der Waals surface area (Å²) >= 11 is 0. The molecule has 0 unspecified atom stereocenters. The van der Waals surface area contributed by atoms with Gasteiger partial charge in [0.05, 0.1) is 6.67 Å². The average molecular weight is 363 g/mol. The maximum Gasteiger partial charge on any atom is 0.116 e.